The van der Waals surface area contributed by atoms with Crippen molar-refractivity contribution < 1.29 is 9.59 Å². The van der Waals surface area contributed by atoms with E-state index in [4.69, 9.17) is 23.2 Å². The monoisotopic (exact) mass is 404 g/mol. The molecule has 1 atom stereocenters. The van der Waals surface area contributed by atoms with Gasteiger partial charge in [0.25, 0.3) is 0 Å². The Hall–Kier alpha value is -1.88. The first kappa shape index (κ1) is 19.9. The molecular weight excluding hydrogens is 383 g/mol. The molecule has 0 aromatic heterocycles. The summed E-state index contributed by atoms with van der Waals surface area (Å²) in [5.74, 6) is -0.103. The number of piperidine rings is 1. The molecule has 1 unspecified atom stereocenters. The van der Waals surface area contributed by atoms with Crippen molar-refractivity contribution in [3.63, 3.8) is 0 Å². The normalized spacial score (nSPS) is 17.5. The third-order valence-electron chi connectivity index (χ3n) is 4.80. The molecule has 4 nitrogen and oxygen atoms in total. The Morgan fingerprint density at radius 1 is 1.15 bits per heavy atom. The summed E-state index contributed by atoms with van der Waals surface area (Å²) in [6.07, 6.45) is 1.82. The molecule has 2 aromatic rings. The SMILES string of the molecule is CC(=O)c1cccc(NC(=O)C2CCCN(Cc3ccc(Cl)c(Cl)c3)C2)c1. The minimum absolute atomic E-state index is 0.00506. The molecular formula is C21H22Cl2N2O2. The smallest absolute Gasteiger partial charge is 0.228 e. The van der Waals surface area contributed by atoms with Gasteiger partial charge >= 0.3 is 0 Å². The number of rotatable bonds is 5. The van der Waals surface area contributed by atoms with Gasteiger partial charge in [0.05, 0.1) is 16.0 Å². The first-order chi connectivity index (χ1) is 12.9. The summed E-state index contributed by atoms with van der Waals surface area (Å²) in [5.41, 5.74) is 2.34. The molecule has 2 aromatic carbocycles. The van der Waals surface area contributed by atoms with Crippen LogP contribution in [0.25, 0.3) is 0 Å². The minimum Gasteiger partial charge on any atom is -0.326 e. The van der Waals surface area contributed by atoms with Crippen LogP contribution in [0.1, 0.15) is 35.7 Å². The molecule has 1 aliphatic heterocycles. The van der Waals surface area contributed by atoms with Gasteiger partial charge in [0.15, 0.2) is 5.78 Å². The Balaban J connectivity index is 1.61. The van der Waals surface area contributed by atoms with E-state index in [0.717, 1.165) is 31.5 Å². The summed E-state index contributed by atoms with van der Waals surface area (Å²) in [7, 11) is 0. The largest absolute Gasteiger partial charge is 0.326 e. The van der Waals surface area contributed by atoms with Crippen molar-refractivity contribution in [2.45, 2.75) is 26.3 Å². The Morgan fingerprint density at radius 3 is 2.70 bits per heavy atom. The number of amides is 1. The molecule has 0 saturated carbocycles. The summed E-state index contributed by atoms with van der Waals surface area (Å²) in [5, 5.41) is 4.04. The molecule has 1 saturated heterocycles. The van der Waals surface area contributed by atoms with Crippen LogP contribution < -0.4 is 5.32 Å². The molecule has 6 heteroatoms. The van der Waals surface area contributed by atoms with Crippen molar-refractivity contribution in [1.29, 1.82) is 0 Å². The molecule has 0 radical (unpaired) electrons. The molecule has 1 aliphatic rings. The van der Waals surface area contributed by atoms with Crippen LogP contribution in [0, 0.1) is 5.92 Å². The predicted molar refractivity (Wildman–Crippen MR) is 110 cm³/mol. The van der Waals surface area contributed by atoms with Crippen LogP contribution in [0.5, 0.6) is 0 Å². The van der Waals surface area contributed by atoms with E-state index in [1.165, 1.54) is 6.92 Å². The fourth-order valence-corrected chi connectivity index (χ4v) is 3.69. The van der Waals surface area contributed by atoms with Crippen LogP contribution in [0.15, 0.2) is 42.5 Å². The van der Waals surface area contributed by atoms with Crippen LogP contribution in [0.4, 0.5) is 5.69 Å². The first-order valence-electron chi connectivity index (χ1n) is 9.00. The van der Waals surface area contributed by atoms with Gasteiger partial charge in [-0.2, -0.15) is 0 Å². The van der Waals surface area contributed by atoms with Gasteiger partial charge in [-0.05, 0) is 56.1 Å². The lowest BCUT2D eigenvalue weighted by molar-refractivity contribution is -0.121. The zero-order valence-corrected chi connectivity index (χ0v) is 16.7. The fourth-order valence-electron chi connectivity index (χ4n) is 3.37. The number of carbonyl (C=O) groups is 2. The molecule has 1 amide bonds. The summed E-state index contributed by atoms with van der Waals surface area (Å²) < 4.78 is 0. The second-order valence-corrected chi connectivity index (χ2v) is 7.76. The lowest BCUT2D eigenvalue weighted by Crippen LogP contribution is -2.40. The zero-order valence-electron chi connectivity index (χ0n) is 15.2. The van der Waals surface area contributed by atoms with Gasteiger partial charge in [-0.15, -0.1) is 0 Å². The average molecular weight is 405 g/mol. The number of Topliss-reactive ketones (excluding diaryl/α,β-unsaturated/α-hetero) is 1. The molecule has 0 spiro atoms. The Kier molecular flexibility index (Phi) is 6.53. The van der Waals surface area contributed by atoms with Gasteiger partial charge in [0.2, 0.25) is 5.91 Å². The maximum Gasteiger partial charge on any atom is 0.228 e. The minimum atomic E-state index is -0.0810. The molecule has 1 heterocycles. The van der Waals surface area contributed by atoms with Crippen molar-refractivity contribution >= 4 is 40.6 Å². The number of benzene rings is 2. The van der Waals surface area contributed by atoms with Gasteiger partial charge in [-0.1, -0.05) is 41.4 Å². The van der Waals surface area contributed by atoms with E-state index in [-0.39, 0.29) is 17.6 Å². The maximum atomic E-state index is 12.7. The number of carbonyl (C=O) groups excluding carboxylic acids is 2. The number of ketones is 1. The number of nitrogens with zero attached hydrogens (tertiary/aromatic N) is 1. The molecule has 1 N–H and O–H groups in total. The Morgan fingerprint density at radius 2 is 1.96 bits per heavy atom. The topological polar surface area (TPSA) is 49.4 Å². The zero-order chi connectivity index (χ0) is 19.4. The highest BCUT2D eigenvalue weighted by Crippen LogP contribution is 2.25. The lowest BCUT2D eigenvalue weighted by atomic mass is 9.96. The fraction of sp³-hybridized carbons (Fsp3) is 0.333. The van der Waals surface area contributed by atoms with E-state index in [9.17, 15) is 9.59 Å². The predicted octanol–water partition coefficient (Wildman–Crippen LogP) is 5.05. The van der Waals surface area contributed by atoms with E-state index in [1.54, 1.807) is 30.3 Å². The summed E-state index contributed by atoms with van der Waals surface area (Å²) in [6.45, 7) is 3.89. The average Bonchev–Trinajstić information content (AvgIpc) is 2.65. The second kappa shape index (κ2) is 8.87. The Labute approximate surface area is 169 Å². The molecule has 1 fully saturated rings. The van der Waals surface area contributed by atoms with Gasteiger partial charge in [-0.3, -0.25) is 14.5 Å². The van der Waals surface area contributed by atoms with E-state index >= 15 is 0 Å². The number of anilines is 1. The van der Waals surface area contributed by atoms with Crippen LogP contribution in [-0.4, -0.2) is 29.7 Å². The molecule has 142 valence electrons. The number of likely N-dealkylation sites (tertiary alicyclic amines) is 1. The maximum absolute atomic E-state index is 12.7. The number of nitrogens with one attached hydrogen (secondary N) is 1. The lowest BCUT2D eigenvalue weighted by Gasteiger charge is -2.32. The van der Waals surface area contributed by atoms with E-state index < -0.39 is 0 Å². The van der Waals surface area contributed by atoms with Gasteiger partial charge < -0.3 is 5.32 Å². The first-order valence-corrected chi connectivity index (χ1v) is 9.76. The quantitative estimate of drug-likeness (QED) is 0.709. The molecule has 0 bridgehead atoms. The highest BCUT2D eigenvalue weighted by atomic mass is 35.5. The van der Waals surface area contributed by atoms with E-state index in [0.29, 0.717) is 27.8 Å². The summed E-state index contributed by atoms with van der Waals surface area (Å²) >= 11 is 12.1. The summed E-state index contributed by atoms with van der Waals surface area (Å²) in [4.78, 5) is 26.5. The van der Waals surface area contributed by atoms with Gasteiger partial charge in [0, 0.05) is 24.3 Å². The van der Waals surface area contributed by atoms with E-state index in [2.05, 4.69) is 10.2 Å². The highest BCUT2D eigenvalue weighted by Gasteiger charge is 2.26. The molecule has 3 rings (SSSR count). The van der Waals surface area contributed by atoms with Crippen molar-refractivity contribution in [1.82, 2.24) is 4.90 Å². The number of hydrogen-bond acceptors (Lipinski definition) is 3. The van der Waals surface area contributed by atoms with Crippen molar-refractivity contribution in [3.8, 4) is 0 Å². The van der Waals surface area contributed by atoms with E-state index in [1.807, 2.05) is 12.1 Å². The Bertz CT molecular complexity index is 854. The number of halogens is 2. The van der Waals surface area contributed by atoms with Crippen LogP contribution >= 0.6 is 23.2 Å². The standard InChI is InChI=1S/C21H22Cl2N2O2/c1-14(26)16-4-2-6-18(11-16)24-21(27)17-5-3-9-25(13-17)12-15-7-8-19(22)20(23)10-15/h2,4,6-8,10-11,17H,3,5,9,12-13H2,1H3,(H,24,27). The van der Waals surface area contributed by atoms with Crippen LogP contribution in [-0.2, 0) is 11.3 Å². The van der Waals surface area contributed by atoms with Crippen molar-refractivity contribution in [3.05, 3.63) is 63.6 Å². The van der Waals surface area contributed by atoms with Crippen LogP contribution in [0.3, 0.4) is 0 Å². The van der Waals surface area contributed by atoms with Gasteiger partial charge in [0.1, 0.15) is 0 Å². The van der Waals surface area contributed by atoms with Crippen molar-refractivity contribution in [2.75, 3.05) is 18.4 Å². The van der Waals surface area contributed by atoms with Crippen LogP contribution in [0.2, 0.25) is 10.0 Å². The highest BCUT2D eigenvalue weighted by molar-refractivity contribution is 6.42. The van der Waals surface area contributed by atoms with Gasteiger partial charge in [-0.25, -0.2) is 0 Å². The third-order valence-corrected chi connectivity index (χ3v) is 5.54. The van der Waals surface area contributed by atoms with Crippen molar-refractivity contribution in [2.24, 2.45) is 5.92 Å². The molecule has 0 aliphatic carbocycles. The number of hydrogen-bond donors (Lipinski definition) is 1. The third kappa shape index (κ3) is 5.32. The summed E-state index contributed by atoms with van der Waals surface area (Å²) in [6, 6.07) is 12.7. The second-order valence-electron chi connectivity index (χ2n) is 6.95. The molecule has 27 heavy (non-hydrogen) atoms.